The molecule has 0 atom stereocenters. The van der Waals surface area contributed by atoms with Crippen LogP contribution < -0.4 is 20.1 Å². The first-order valence-corrected chi connectivity index (χ1v) is 9.68. The summed E-state index contributed by atoms with van der Waals surface area (Å²) < 4.78 is 13.6. The van der Waals surface area contributed by atoms with Gasteiger partial charge in [0, 0.05) is 51.3 Å². The number of rotatable bonds is 9. The van der Waals surface area contributed by atoms with Crippen molar-refractivity contribution in [3.8, 4) is 17.4 Å². The topological polar surface area (TPSA) is 72.7 Å². The van der Waals surface area contributed by atoms with E-state index in [0.29, 0.717) is 30.5 Å². The van der Waals surface area contributed by atoms with Crippen molar-refractivity contribution in [1.29, 1.82) is 0 Å². The summed E-state index contributed by atoms with van der Waals surface area (Å²) in [4.78, 5) is 8.64. The van der Waals surface area contributed by atoms with Gasteiger partial charge >= 0.3 is 0 Å². The number of aromatic nitrogens is 2. The maximum absolute atomic E-state index is 5.86. The van der Waals surface area contributed by atoms with Crippen LogP contribution in [-0.4, -0.2) is 35.7 Å². The van der Waals surface area contributed by atoms with E-state index in [1.54, 1.807) is 13.2 Å². The Morgan fingerprint density at radius 1 is 1.03 bits per heavy atom. The van der Waals surface area contributed by atoms with Gasteiger partial charge in [-0.1, -0.05) is 18.2 Å². The molecule has 0 spiro atoms. The number of pyridine rings is 1. The van der Waals surface area contributed by atoms with Crippen molar-refractivity contribution in [1.82, 2.24) is 20.2 Å². The van der Waals surface area contributed by atoms with E-state index in [2.05, 4.69) is 25.2 Å². The third-order valence-electron chi connectivity index (χ3n) is 4.17. The number of benzene rings is 1. The summed E-state index contributed by atoms with van der Waals surface area (Å²) in [5, 5.41) is 6.59. The van der Waals surface area contributed by atoms with Gasteiger partial charge in [0.25, 0.3) is 0 Å². The Kier molecular flexibility index (Phi) is 7.51. The average Bonchev–Trinajstić information content (AvgIpc) is 3.27. The first kappa shape index (κ1) is 20.3. The number of nitrogens with zero attached hydrogens (tertiary/aromatic N) is 3. The lowest BCUT2D eigenvalue weighted by Gasteiger charge is -2.13. The van der Waals surface area contributed by atoms with Crippen molar-refractivity contribution in [3.05, 3.63) is 72.7 Å². The Labute approximate surface area is 171 Å². The number of guanidine groups is 1. The van der Waals surface area contributed by atoms with Crippen molar-refractivity contribution < 1.29 is 9.47 Å². The third-order valence-corrected chi connectivity index (χ3v) is 4.17. The second kappa shape index (κ2) is 10.8. The van der Waals surface area contributed by atoms with Crippen molar-refractivity contribution >= 4 is 5.96 Å². The van der Waals surface area contributed by atoms with E-state index >= 15 is 0 Å². The molecule has 152 valence electrons. The predicted molar refractivity (Wildman–Crippen MR) is 115 cm³/mol. The zero-order valence-electron chi connectivity index (χ0n) is 16.8. The maximum atomic E-state index is 5.86. The second-order valence-corrected chi connectivity index (χ2v) is 6.26. The van der Waals surface area contributed by atoms with Gasteiger partial charge in [-0.25, -0.2) is 4.98 Å². The number of para-hydroxylation sites is 2. The van der Waals surface area contributed by atoms with Crippen LogP contribution in [0.3, 0.4) is 0 Å². The minimum absolute atomic E-state index is 0.523. The van der Waals surface area contributed by atoms with Gasteiger partial charge in [-0.15, -0.1) is 0 Å². The van der Waals surface area contributed by atoms with Crippen LogP contribution in [0.5, 0.6) is 17.4 Å². The molecule has 0 amide bonds. The van der Waals surface area contributed by atoms with Gasteiger partial charge in [0.05, 0.1) is 6.61 Å². The number of ether oxygens (including phenoxy) is 2. The van der Waals surface area contributed by atoms with Crippen molar-refractivity contribution in [3.63, 3.8) is 0 Å². The van der Waals surface area contributed by atoms with Crippen LogP contribution in [0.1, 0.15) is 12.5 Å². The number of nitrogens with one attached hydrogen (secondary N) is 2. The lowest BCUT2D eigenvalue weighted by molar-refractivity contribution is 0.319. The Morgan fingerprint density at radius 3 is 2.52 bits per heavy atom. The van der Waals surface area contributed by atoms with Crippen LogP contribution in [0.15, 0.2) is 72.1 Å². The fourth-order valence-electron chi connectivity index (χ4n) is 2.73. The zero-order valence-corrected chi connectivity index (χ0v) is 16.8. The van der Waals surface area contributed by atoms with E-state index in [1.165, 1.54) is 0 Å². The van der Waals surface area contributed by atoms with Crippen LogP contribution in [0.2, 0.25) is 0 Å². The number of hydrogen-bond donors (Lipinski definition) is 2. The fourth-order valence-corrected chi connectivity index (χ4v) is 2.73. The Morgan fingerprint density at radius 2 is 1.83 bits per heavy atom. The molecule has 0 aliphatic rings. The van der Waals surface area contributed by atoms with Crippen molar-refractivity contribution in [2.45, 2.75) is 20.0 Å². The van der Waals surface area contributed by atoms with E-state index in [1.807, 2.05) is 67.8 Å². The molecule has 0 saturated heterocycles. The van der Waals surface area contributed by atoms with Gasteiger partial charge in [0.2, 0.25) is 5.88 Å². The maximum Gasteiger partial charge on any atom is 0.219 e. The summed E-state index contributed by atoms with van der Waals surface area (Å²) in [5.74, 6) is 2.63. The van der Waals surface area contributed by atoms with Gasteiger partial charge < -0.3 is 24.7 Å². The molecule has 3 rings (SSSR count). The first-order valence-electron chi connectivity index (χ1n) is 9.68. The van der Waals surface area contributed by atoms with Gasteiger partial charge in [-0.05, 0) is 36.8 Å². The van der Waals surface area contributed by atoms with E-state index in [9.17, 15) is 0 Å². The first-order chi connectivity index (χ1) is 14.3. The standard InChI is InChI=1S/C22H27N5O2/c1-3-28-19-8-4-5-9-20(19)29-21-11-10-18(16-25-21)17-26-22(23-2)24-12-15-27-13-6-7-14-27/h4-11,13-14,16H,3,12,15,17H2,1-2H3,(H2,23,24,26). The van der Waals surface area contributed by atoms with Crippen LogP contribution >= 0.6 is 0 Å². The minimum Gasteiger partial charge on any atom is -0.490 e. The highest BCUT2D eigenvalue weighted by Gasteiger charge is 2.06. The zero-order chi connectivity index (χ0) is 20.3. The molecule has 7 heteroatoms. The molecule has 3 aromatic rings. The normalized spacial score (nSPS) is 11.2. The molecule has 0 unspecified atom stereocenters. The quantitative estimate of drug-likeness (QED) is 0.430. The molecule has 2 aromatic heterocycles. The predicted octanol–water partition coefficient (Wildman–Crippen LogP) is 3.44. The van der Waals surface area contributed by atoms with Crippen LogP contribution in [0, 0.1) is 0 Å². The summed E-state index contributed by atoms with van der Waals surface area (Å²) in [6, 6.07) is 15.4. The number of hydrogen-bond acceptors (Lipinski definition) is 4. The van der Waals surface area contributed by atoms with E-state index < -0.39 is 0 Å². The van der Waals surface area contributed by atoms with Crippen molar-refractivity contribution in [2.24, 2.45) is 4.99 Å². The Balaban J connectivity index is 1.48. The third kappa shape index (κ3) is 6.27. The summed E-state index contributed by atoms with van der Waals surface area (Å²) >= 11 is 0. The lowest BCUT2D eigenvalue weighted by atomic mass is 10.3. The molecule has 1 aromatic carbocycles. The molecule has 0 aliphatic carbocycles. The molecule has 0 radical (unpaired) electrons. The van der Waals surface area contributed by atoms with Crippen LogP contribution in [-0.2, 0) is 13.1 Å². The molecule has 0 aliphatic heterocycles. The highest BCUT2D eigenvalue weighted by Crippen LogP contribution is 2.30. The summed E-state index contributed by atoms with van der Waals surface area (Å²) in [7, 11) is 1.76. The molecular weight excluding hydrogens is 366 g/mol. The van der Waals surface area contributed by atoms with E-state index in [-0.39, 0.29) is 0 Å². The van der Waals surface area contributed by atoms with Crippen LogP contribution in [0.4, 0.5) is 0 Å². The van der Waals surface area contributed by atoms with Gasteiger partial charge in [0.1, 0.15) is 0 Å². The molecule has 29 heavy (non-hydrogen) atoms. The van der Waals surface area contributed by atoms with Crippen molar-refractivity contribution in [2.75, 3.05) is 20.2 Å². The summed E-state index contributed by atoms with van der Waals surface area (Å²) in [5.41, 5.74) is 1.03. The van der Waals surface area contributed by atoms with Gasteiger partial charge in [0.15, 0.2) is 17.5 Å². The highest BCUT2D eigenvalue weighted by molar-refractivity contribution is 5.79. The fraction of sp³-hybridized carbons (Fsp3) is 0.273. The smallest absolute Gasteiger partial charge is 0.219 e. The molecule has 0 fully saturated rings. The summed E-state index contributed by atoms with van der Waals surface area (Å²) in [6.07, 6.45) is 5.87. The second-order valence-electron chi connectivity index (χ2n) is 6.26. The van der Waals surface area contributed by atoms with E-state index in [4.69, 9.17) is 9.47 Å². The largest absolute Gasteiger partial charge is 0.490 e. The minimum atomic E-state index is 0.523. The van der Waals surface area contributed by atoms with Gasteiger partial charge in [-0.2, -0.15) is 0 Å². The Hall–Kier alpha value is -3.48. The van der Waals surface area contributed by atoms with E-state index in [0.717, 1.165) is 24.6 Å². The average molecular weight is 393 g/mol. The molecule has 2 heterocycles. The monoisotopic (exact) mass is 393 g/mol. The summed E-state index contributed by atoms with van der Waals surface area (Å²) in [6.45, 7) is 4.81. The lowest BCUT2D eigenvalue weighted by Crippen LogP contribution is -2.38. The van der Waals surface area contributed by atoms with Crippen LogP contribution in [0.25, 0.3) is 0 Å². The SMILES string of the molecule is CCOc1ccccc1Oc1ccc(CNC(=NC)NCCn2cccc2)cn1. The molecule has 7 nitrogen and oxygen atoms in total. The molecule has 0 bridgehead atoms. The van der Waals surface area contributed by atoms with Gasteiger partial charge in [-0.3, -0.25) is 4.99 Å². The Bertz CT molecular complexity index is 892. The molecule has 0 saturated carbocycles. The highest BCUT2D eigenvalue weighted by atomic mass is 16.5. The molecule has 2 N–H and O–H groups in total. The molecular formula is C22H27N5O2. The number of aliphatic imine (C=N–C) groups is 1.